The maximum absolute atomic E-state index is 5.29. The summed E-state index contributed by atoms with van der Waals surface area (Å²) in [5, 5.41) is 0. The van der Waals surface area contributed by atoms with E-state index >= 15 is 0 Å². The maximum atomic E-state index is 5.29. The van der Waals surface area contributed by atoms with Crippen LogP contribution in [-0.4, -0.2) is 26.0 Å². The second-order valence-corrected chi connectivity index (χ2v) is 2.87. The highest BCUT2D eigenvalue weighted by Crippen LogP contribution is 2.19. The van der Waals surface area contributed by atoms with Gasteiger partial charge in [-0.15, -0.1) is 0 Å². The van der Waals surface area contributed by atoms with Gasteiger partial charge in [0.1, 0.15) is 11.8 Å². The Balaban J connectivity index is 4.19. The summed E-state index contributed by atoms with van der Waals surface area (Å²) in [6, 6.07) is 0. The van der Waals surface area contributed by atoms with Crippen LogP contribution >= 0.6 is 12.8 Å². The fraction of sp³-hybridized carbons (Fsp3) is 1.00. The van der Waals surface area contributed by atoms with Gasteiger partial charge in [-0.1, -0.05) is 19.7 Å². The van der Waals surface area contributed by atoms with Crippen LogP contribution in [0.5, 0.6) is 0 Å². The molecule has 0 aromatic carbocycles. The first-order valence-electron chi connectivity index (χ1n) is 3.62. The molecule has 3 nitrogen and oxygen atoms in total. The van der Waals surface area contributed by atoms with Crippen molar-refractivity contribution in [1.29, 1.82) is 0 Å². The molecular formula is C7H17NO2S. The zero-order valence-corrected chi connectivity index (χ0v) is 8.44. The van der Waals surface area contributed by atoms with Gasteiger partial charge in [-0.3, -0.25) is 0 Å². The summed E-state index contributed by atoms with van der Waals surface area (Å²) >= 11 is 3.94. The monoisotopic (exact) mass is 179 g/mol. The molecule has 0 aliphatic carbocycles. The minimum absolute atomic E-state index is 0.180. The van der Waals surface area contributed by atoms with E-state index in [4.69, 9.17) is 9.47 Å². The van der Waals surface area contributed by atoms with Crippen molar-refractivity contribution in [2.24, 2.45) is 0 Å². The molecule has 0 rings (SSSR count). The van der Waals surface area contributed by atoms with E-state index < -0.39 is 0 Å². The second-order valence-electron chi connectivity index (χ2n) is 2.62. The van der Waals surface area contributed by atoms with Crippen LogP contribution in [0.1, 0.15) is 20.3 Å². The topological polar surface area (TPSA) is 30.5 Å². The van der Waals surface area contributed by atoms with Gasteiger partial charge in [0.25, 0.3) is 0 Å². The van der Waals surface area contributed by atoms with Gasteiger partial charge >= 0.3 is 0 Å². The Morgan fingerprint density at radius 1 is 1.55 bits per heavy atom. The molecular weight excluding hydrogens is 162 g/mol. The predicted molar refractivity (Wildman–Crippen MR) is 48.6 cm³/mol. The van der Waals surface area contributed by atoms with Crippen molar-refractivity contribution < 1.29 is 9.47 Å². The van der Waals surface area contributed by atoms with Crippen LogP contribution in [0.3, 0.4) is 0 Å². The minimum Gasteiger partial charge on any atom is -0.374 e. The fourth-order valence-corrected chi connectivity index (χ4v) is 1.25. The molecule has 0 fully saturated rings. The second kappa shape index (κ2) is 4.98. The fourth-order valence-electron chi connectivity index (χ4n) is 0.875. The van der Waals surface area contributed by atoms with Gasteiger partial charge in [-0.2, -0.15) is 0 Å². The van der Waals surface area contributed by atoms with E-state index in [0.717, 1.165) is 6.42 Å². The van der Waals surface area contributed by atoms with Crippen molar-refractivity contribution in [2.45, 2.75) is 32.1 Å². The molecule has 0 aromatic rings. The highest BCUT2D eigenvalue weighted by atomic mass is 32.1. The average molecular weight is 179 g/mol. The van der Waals surface area contributed by atoms with Crippen LogP contribution in [0.15, 0.2) is 0 Å². The van der Waals surface area contributed by atoms with Crippen LogP contribution in [-0.2, 0) is 9.47 Å². The summed E-state index contributed by atoms with van der Waals surface area (Å²) < 4.78 is 13.2. The third kappa shape index (κ3) is 2.63. The smallest absolute Gasteiger partial charge is 0.145 e. The van der Waals surface area contributed by atoms with Gasteiger partial charge in [0.15, 0.2) is 0 Å². The van der Waals surface area contributed by atoms with Crippen LogP contribution in [0.2, 0.25) is 0 Å². The molecule has 11 heavy (non-hydrogen) atoms. The Labute approximate surface area is 74.0 Å². The number of methoxy groups -OCH3 is 2. The molecule has 1 N–H and O–H groups in total. The van der Waals surface area contributed by atoms with Gasteiger partial charge in [0.05, 0.1) is 0 Å². The lowest BCUT2D eigenvalue weighted by atomic mass is 10.0. The molecule has 0 saturated heterocycles. The molecule has 0 bridgehead atoms. The van der Waals surface area contributed by atoms with Crippen molar-refractivity contribution in [3.8, 4) is 0 Å². The van der Waals surface area contributed by atoms with E-state index in [0.29, 0.717) is 0 Å². The summed E-state index contributed by atoms with van der Waals surface area (Å²) in [4.78, 5) is 0. The molecule has 2 atom stereocenters. The van der Waals surface area contributed by atoms with E-state index in [1.165, 1.54) is 0 Å². The largest absolute Gasteiger partial charge is 0.374 e. The Kier molecular flexibility index (Phi) is 5.08. The predicted octanol–water partition coefficient (Wildman–Crippen LogP) is 1.21. The number of thiol groups is 1. The third-order valence-corrected chi connectivity index (χ3v) is 2.31. The number of nitrogens with one attached hydrogen (secondary N) is 1. The molecule has 0 spiro atoms. The van der Waals surface area contributed by atoms with Gasteiger partial charge in [0, 0.05) is 14.2 Å². The van der Waals surface area contributed by atoms with Crippen LogP contribution in [0.4, 0.5) is 0 Å². The van der Waals surface area contributed by atoms with E-state index in [1.807, 2.05) is 13.8 Å². The standard InChI is InChI=1S/C7H17NO2S/c1-5-7(2,10-4)6(8-11)9-3/h6,8,11H,5H2,1-4H3/t6-,7?/m0/s1. The van der Waals surface area contributed by atoms with Crippen molar-refractivity contribution in [3.63, 3.8) is 0 Å². The number of hydrogen-bond donors (Lipinski definition) is 2. The molecule has 0 aliphatic rings. The molecule has 0 heterocycles. The van der Waals surface area contributed by atoms with E-state index in [2.05, 4.69) is 17.5 Å². The number of rotatable bonds is 5. The lowest BCUT2D eigenvalue weighted by molar-refractivity contribution is -0.111. The third-order valence-electron chi connectivity index (χ3n) is 2.08. The van der Waals surface area contributed by atoms with E-state index in [9.17, 15) is 0 Å². The molecule has 0 radical (unpaired) electrons. The SMILES string of the molecule is CCC(C)(OC)[C@@H](NS)OC. The summed E-state index contributed by atoms with van der Waals surface area (Å²) in [5.41, 5.74) is -0.309. The molecule has 0 saturated carbocycles. The van der Waals surface area contributed by atoms with E-state index in [-0.39, 0.29) is 11.8 Å². The Morgan fingerprint density at radius 3 is 2.18 bits per heavy atom. The zero-order valence-electron chi connectivity index (χ0n) is 7.55. The molecule has 4 heteroatoms. The average Bonchev–Trinajstić information content (AvgIpc) is 2.06. The normalized spacial score (nSPS) is 19.4. The van der Waals surface area contributed by atoms with Crippen molar-refractivity contribution >= 4 is 12.8 Å². The summed E-state index contributed by atoms with van der Waals surface area (Å²) in [6.45, 7) is 4.02. The lowest BCUT2D eigenvalue weighted by Gasteiger charge is -2.33. The molecule has 0 aliphatic heterocycles. The van der Waals surface area contributed by atoms with Crippen LogP contribution < -0.4 is 4.72 Å². The summed E-state index contributed by atoms with van der Waals surface area (Å²) in [6.07, 6.45) is 0.691. The first kappa shape index (κ1) is 11.2. The Bertz CT molecular complexity index is 103. The minimum atomic E-state index is -0.309. The summed E-state index contributed by atoms with van der Waals surface area (Å²) in [7, 11) is 3.29. The Hall–Kier alpha value is 0.230. The van der Waals surface area contributed by atoms with Crippen LogP contribution in [0, 0.1) is 0 Å². The van der Waals surface area contributed by atoms with E-state index in [1.54, 1.807) is 14.2 Å². The first-order chi connectivity index (χ1) is 5.14. The highest BCUT2D eigenvalue weighted by molar-refractivity contribution is 7.78. The van der Waals surface area contributed by atoms with Crippen molar-refractivity contribution in [2.75, 3.05) is 14.2 Å². The quantitative estimate of drug-likeness (QED) is 0.491. The lowest BCUT2D eigenvalue weighted by Crippen LogP contribution is -2.47. The van der Waals surface area contributed by atoms with Gasteiger partial charge in [0.2, 0.25) is 0 Å². The number of hydrogen-bond acceptors (Lipinski definition) is 4. The summed E-state index contributed by atoms with van der Waals surface area (Å²) in [5.74, 6) is 0. The molecule has 68 valence electrons. The number of ether oxygens (including phenoxy) is 2. The zero-order chi connectivity index (χ0) is 8.91. The highest BCUT2D eigenvalue weighted by Gasteiger charge is 2.31. The van der Waals surface area contributed by atoms with Gasteiger partial charge in [-0.05, 0) is 13.3 Å². The Morgan fingerprint density at radius 2 is 2.09 bits per heavy atom. The molecule has 0 aromatic heterocycles. The molecule has 0 amide bonds. The van der Waals surface area contributed by atoms with Gasteiger partial charge in [-0.25, -0.2) is 4.72 Å². The van der Waals surface area contributed by atoms with Crippen LogP contribution in [0.25, 0.3) is 0 Å². The molecule has 1 unspecified atom stereocenters. The first-order valence-corrected chi connectivity index (χ1v) is 4.07. The van der Waals surface area contributed by atoms with Gasteiger partial charge < -0.3 is 9.47 Å². The van der Waals surface area contributed by atoms with Crippen molar-refractivity contribution in [1.82, 2.24) is 4.72 Å². The maximum Gasteiger partial charge on any atom is 0.145 e. The van der Waals surface area contributed by atoms with Crippen molar-refractivity contribution in [3.05, 3.63) is 0 Å².